The summed E-state index contributed by atoms with van der Waals surface area (Å²) in [7, 11) is 0. The van der Waals surface area contributed by atoms with Gasteiger partial charge in [0.05, 0.1) is 5.69 Å². The van der Waals surface area contributed by atoms with Gasteiger partial charge < -0.3 is 4.40 Å². The van der Waals surface area contributed by atoms with Crippen LogP contribution in [0.1, 0.15) is 36.7 Å². The van der Waals surface area contributed by atoms with Crippen LogP contribution in [0, 0.1) is 12.8 Å². The molecule has 2 aromatic heterocycles. The lowest BCUT2D eigenvalue weighted by Gasteiger charge is -2.28. The van der Waals surface area contributed by atoms with Gasteiger partial charge in [0.25, 0.3) is 0 Å². The average Bonchev–Trinajstić information content (AvgIpc) is 3.35. The number of pyridine rings is 1. The van der Waals surface area contributed by atoms with Crippen molar-refractivity contribution in [2.45, 2.75) is 45.8 Å². The molecule has 0 N–H and O–H groups in total. The van der Waals surface area contributed by atoms with Crippen molar-refractivity contribution in [3.63, 3.8) is 0 Å². The molecule has 1 aliphatic rings. The van der Waals surface area contributed by atoms with Crippen molar-refractivity contribution >= 4 is 5.65 Å². The first-order chi connectivity index (χ1) is 11.7. The van der Waals surface area contributed by atoms with E-state index in [0.29, 0.717) is 6.04 Å². The number of fused-ring (bicyclic) bond motifs is 1. The molecule has 124 valence electrons. The third-order valence-corrected chi connectivity index (χ3v) is 5.22. The summed E-state index contributed by atoms with van der Waals surface area (Å²) in [6.07, 6.45) is 4.94. The van der Waals surface area contributed by atoms with Crippen LogP contribution in [0.15, 0.2) is 54.7 Å². The summed E-state index contributed by atoms with van der Waals surface area (Å²) in [6, 6.07) is 17.7. The number of hydrogen-bond donors (Lipinski definition) is 0. The molecule has 3 aromatic rings. The van der Waals surface area contributed by atoms with Crippen LogP contribution in [-0.4, -0.2) is 20.3 Å². The Kier molecular flexibility index (Phi) is 4.11. The first-order valence-electron chi connectivity index (χ1n) is 8.92. The molecule has 1 aromatic carbocycles. The summed E-state index contributed by atoms with van der Waals surface area (Å²) in [5.41, 5.74) is 4.82. The Morgan fingerprint density at radius 1 is 1.08 bits per heavy atom. The zero-order valence-electron chi connectivity index (χ0n) is 14.5. The average molecular weight is 319 g/mol. The zero-order valence-corrected chi connectivity index (χ0v) is 14.5. The zero-order chi connectivity index (χ0) is 16.5. The predicted octanol–water partition coefficient (Wildman–Crippen LogP) is 4.44. The molecule has 0 bridgehead atoms. The van der Waals surface area contributed by atoms with Gasteiger partial charge in [-0.25, -0.2) is 4.98 Å². The lowest BCUT2D eigenvalue weighted by Crippen LogP contribution is -2.33. The molecule has 4 rings (SSSR count). The molecule has 0 spiro atoms. The lowest BCUT2D eigenvalue weighted by molar-refractivity contribution is 0.170. The first kappa shape index (κ1) is 15.4. The quantitative estimate of drug-likeness (QED) is 0.669. The van der Waals surface area contributed by atoms with Gasteiger partial charge in [-0.05, 0) is 50.3 Å². The largest absolute Gasteiger partial charge is 0.304 e. The summed E-state index contributed by atoms with van der Waals surface area (Å²) < 4.78 is 2.19. The smallest absolute Gasteiger partial charge is 0.137 e. The minimum atomic E-state index is 0.608. The molecule has 1 saturated carbocycles. The fourth-order valence-electron chi connectivity index (χ4n) is 3.52. The Morgan fingerprint density at radius 2 is 1.88 bits per heavy atom. The van der Waals surface area contributed by atoms with Crippen LogP contribution in [0.4, 0.5) is 0 Å². The topological polar surface area (TPSA) is 20.5 Å². The molecule has 0 saturated heterocycles. The SMILES string of the molecule is Cc1cccc2nc(CN(Cc3ccccc3)C(C)C3CC3)cn12. The van der Waals surface area contributed by atoms with Gasteiger partial charge >= 0.3 is 0 Å². The maximum Gasteiger partial charge on any atom is 0.137 e. The van der Waals surface area contributed by atoms with Gasteiger partial charge in [0.2, 0.25) is 0 Å². The van der Waals surface area contributed by atoms with E-state index in [9.17, 15) is 0 Å². The second kappa shape index (κ2) is 6.40. The number of hydrogen-bond acceptors (Lipinski definition) is 2. The van der Waals surface area contributed by atoms with Gasteiger partial charge in [-0.3, -0.25) is 4.90 Å². The monoisotopic (exact) mass is 319 g/mol. The molecular formula is C21H25N3. The molecule has 24 heavy (non-hydrogen) atoms. The van der Waals surface area contributed by atoms with Gasteiger partial charge in [-0.15, -0.1) is 0 Å². The molecule has 1 fully saturated rings. The van der Waals surface area contributed by atoms with E-state index in [2.05, 4.69) is 77.9 Å². The number of benzene rings is 1. The Bertz CT molecular complexity index is 817. The summed E-state index contributed by atoms with van der Waals surface area (Å²) in [5, 5.41) is 0. The molecule has 0 amide bonds. The summed E-state index contributed by atoms with van der Waals surface area (Å²) in [4.78, 5) is 7.43. The molecule has 2 heterocycles. The molecule has 3 nitrogen and oxygen atoms in total. The number of nitrogens with zero attached hydrogens (tertiary/aromatic N) is 3. The van der Waals surface area contributed by atoms with Crippen molar-refractivity contribution in [1.82, 2.24) is 14.3 Å². The van der Waals surface area contributed by atoms with Gasteiger partial charge in [0, 0.05) is 31.0 Å². The number of aryl methyl sites for hydroxylation is 1. The highest BCUT2D eigenvalue weighted by atomic mass is 15.2. The van der Waals surface area contributed by atoms with E-state index in [0.717, 1.165) is 30.3 Å². The highest BCUT2D eigenvalue weighted by Gasteiger charge is 2.32. The first-order valence-corrected chi connectivity index (χ1v) is 8.92. The molecule has 3 heteroatoms. The van der Waals surface area contributed by atoms with Crippen molar-refractivity contribution in [3.8, 4) is 0 Å². The summed E-state index contributed by atoms with van der Waals surface area (Å²) >= 11 is 0. The van der Waals surface area contributed by atoms with E-state index in [1.807, 2.05) is 0 Å². The van der Waals surface area contributed by atoms with Crippen LogP contribution >= 0.6 is 0 Å². The van der Waals surface area contributed by atoms with Crippen molar-refractivity contribution in [1.29, 1.82) is 0 Å². The summed E-state index contributed by atoms with van der Waals surface area (Å²) in [6.45, 7) is 6.41. The predicted molar refractivity (Wildman–Crippen MR) is 97.8 cm³/mol. The Morgan fingerprint density at radius 3 is 2.58 bits per heavy atom. The van der Waals surface area contributed by atoms with Crippen molar-refractivity contribution < 1.29 is 0 Å². The van der Waals surface area contributed by atoms with Gasteiger partial charge in [-0.2, -0.15) is 0 Å². The van der Waals surface area contributed by atoms with Crippen molar-refractivity contribution in [2.75, 3.05) is 0 Å². The van der Waals surface area contributed by atoms with E-state index in [-0.39, 0.29) is 0 Å². The second-order valence-corrected chi connectivity index (χ2v) is 7.10. The normalized spacial score (nSPS) is 16.0. The van der Waals surface area contributed by atoms with Crippen molar-refractivity contribution in [3.05, 3.63) is 71.7 Å². The van der Waals surface area contributed by atoms with Gasteiger partial charge in [0.1, 0.15) is 5.65 Å². The van der Waals surface area contributed by atoms with Crippen LogP contribution in [0.5, 0.6) is 0 Å². The van der Waals surface area contributed by atoms with Crippen LogP contribution in [0.2, 0.25) is 0 Å². The number of aromatic nitrogens is 2. The maximum atomic E-state index is 4.84. The lowest BCUT2D eigenvalue weighted by atomic mass is 10.1. The number of imidazole rings is 1. The van der Waals surface area contributed by atoms with Crippen LogP contribution in [-0.2, 0) is 13.1 Å². The molecular weight excluding hydrogens is 294 g/mol. The molecule has 1 atom stereocenters. The van der Waals surface area contributed by atoms with Gasteiger partial charge in [-0.1, -0.05) is 36.4 Å². The van der Waals surface area contributed by atoms with E-state index < -0.39 is 0 Å². The van der Waals surface area contributed by atoms with Crippen LogP contribution < -0.4 is 0 Å². The minimum Gasteiger partial charge on any atom is -0.304 e. The fraction of sp³-hybridized carbons (Fsp3) is 0.381. The molecule has 0 radical (unpaired) electrons. The van der Waals surface area contributed by atoms with E-state index >= 15 is 0 Å². The summed E-state index contributed by atoms with van der Waals surface area (Å²) in [5.74, 6) is 0.854. The standard InChI is InChI=1S/C21H25N3/c1-16-7-6-10-21-22-20(15-24(16)21)14-23(17(2)19-11-12-19)13-18-8-4-3-5-9-18/h3-10,15,17,19H,11-14H2,1-2H3. The number of rotatable bonds is 6. The second-order valence-electron chi connectivity index (χ2n) is 7.10. The third-order valence-electron chi connectivity index (χ3n) is 5.22. The Hall–Kier alpha value is -2.13. The van der Waals surface area contributed by atoms with E-state index in [1.54, 1.807) is 0 Å². The molecule has 1 aliphatic carbocycles. The van der Waals surface area contributed by atoms with Crippen LogP contribution in [0.3, 0.4) is 0 Å². The third kappa shape index (κ3) is 3.22. The van der Waals surface area contributed by atoms with E-state index in [4.69, 9.17) is 4.98 Å². The van der Waals surface area contributed by atoms with Crippen molar-refractivity contribution in [2.24, 2.45) is 5.92 Å². The molecule has 0 aliphatic heterocycles. The van der Waals surface area contributed by atoms with Crippen LogP contribution in [0.25, 0.3) is 5.65 Å². The fourth-order valence-corrected chi connectivity index (χ4v) is 3.52. The molecule has 1 unspecified atom stereocenters. The minimum absolute atomic E-state index is 0.608. The van der Waals surface area contributed by atoms with Gasteiger partial charge in [0.15, 0.2) is 0 Å². The maximum absolute atomic E-state index is 4.84. The Balaban J connectivity index is 1.59. The van der Waals surface area contributed by atoms with E-state index in [1.165, 1.54) is 24.1 Å². The highest BCUT2D eigenvalue weighted by molar-refractivity contribution is 5.41. The Labute approximate surface area is 143 Å². The highest BCUT2D eigenvalue weighted by Crippen LogP contribution is 2.36.